The molecule has 78 valence electrons. The standard InChI is InChI=1S/C11H12N2OS/c12-6-8-15-9-7-13-11(14)10-4-2-1-3-5-10/h1-5H,7-9H2,(H,13,14). The van der Waals surface area contributed by atoms with Crippen LogP contribution in [0.3, 0.4) is 0 Å². The molecule has 1 aromatic rings. The molecular formula is C11H12N2OS. The SMILES string of the molecule is N#CCSCCNC(=O)c1ccccc1. The van der Waals surface area contributed by atoms with Crippen LogP contribution in [0.4, 0.5) is 0 Å². The Labute approximate surface area is 93.5 Å². The number of rotatable bonds is 5. The molecule has 1 amide bonds. The number of nitrogens with one attached hydrogen (secondary N) is 1. The van der Waals surface area contributed by atoms with Gasteiger partial charge < -0.3 is 5.32 Å². The molecule has 0 saturated carbocycles. The van der Waals surface area contributed by atoms with E-state index in [2.05, 4.69) is 5.32 Å². The molecule has 0 saturated heterocycles. The zero-order valence-electron chi connectivity index (χ0n) is 8.27. The molecule has 0 fully saturated rings. The highest BCUT2D eigenvalue weighted by molar-refractivity contribution is 7.99. The number of nitrogens with zero attached hydrogens (tertiary/aromatic N) is 1. The van der Waals surface area contributed by atoms with Gasteiger partial charge in [0, 0.05) is 17.9 Å². The third-order valence-corrected chi connectivity index (χ3v) is 2.56. The fourth-order valence-electron chi connectivity index (χ4n) is 1.05. The van der Waals surface area contributed by atoms with Crippen LogP contribution in [0.25, 0.3) is 0 Å². The third kappa shape index (κ3) is 4.52. The van der Waals surface area contributed by atoms with Gasteiger partial charge in [0.2, 0.25) is 0 Å². The summed E-state index contributed by atoms with van der Waals surface area (Å²) in [6.45, 7) is 0.597. The number of benzene rings is 1. The Morgan fingerprint density at radius 1 is 1.40 bits per heavy atom. The van der Waals surface area contributed by atoms with Crippen LogP contribution in [0.15, 0.2) is 30.3 Å². The van der Waals surface area contributed by atoms with Gasteiger partial charge in [-0.2, -0.15) is 5.26 Å². The summed E-state index contributed by atoms with van der Waals surface area (Å²) < 4.78 is 0. The van der Waals surface area contributed by atoms with Crippen molar-refractivity contribution in [1.82, 2.24) is 5.32 Å². The molecule has 0 aliphatic rings. The van der Waals surface area contributed by atoms with E-state index in [0.717, 1.165) is 5.75 Å². The van der Waals surface area contributed by atoms with Gasteiger partial charge in [-0.25, -0.2) is 0 Å². The number of amides is 1. The fraction of sp³-hybridized carbons (Fsp3) is 0.273. The topological polar surface area (TPSA) is 52.9 Å². The number of carbonyl (C=O) groups is 1. The number of thioether (sulfide) groups is 1. The Hall–Kier alpha value is -1.47. The van der Waals surface area contributed by atoms with Gasteiger partial charge in [-0.1, -0.05) is 18.2 Å². The van der Waals surface area contributed by atoms with Crippen LogP contribution in [-0.4, -0.2) is 24.0 Å². The van der Waals surface area contributed by atoms with Crippen molar-refractivity contribution in [2.45, 2.75) is 0 Å². The average molecular weight is 220 g/mol. The number of hydrogen-bond donors (Lipinski definition) is 1. The Morgan fingerprint density at radius 2 is 2.13 bits per heavy atom. The van der Waals surface area contributed by atoms with Crippen molar-refractivity contribution in [3.63, 3.8) is 0 Å². The van der Waals surface area contributed by atoms with E-state index in [9.17, 15) is 4.79 Å². The zero-order valence-corrected chi connectivity index (χ0v) is 9.09. The molecule has 1 N–H and O–H groups in total. The molecule has 0 aliphatic carbocycles. The second kappa shape index (κ2) is 6.91. The van der Waals surface area contributed by atoms with E-state index in [4.69, 9.17) is 5.26 Å². The largest absolute Gasteiger partial charge is 0.351 e. The van der Waals surface area contributed by atoms with Crippen LogP contribution in [0, 0.1) is 11.3 Å². The second-order valence-electron chi connectivity index (χ2n) is 2.83. The van der Waals surface area contributed by atoms with E-state index in [1.807, 2.05) is 24.3 Å². The van der Waals surface area contributed by atoms with Crippen molar-refractivity contribution < 1.29 is 4.79 Å². The lowest BCUT2D eigenvalue weighted by molar-refractivity contribution is 0.0956. The Morgan fingerprint density at radius 3 is 2.80 bits per heavy atom. The van der Waals surface area contributed by atoms with Crippen molar-refractivity contribution in [3.05, 3.63) is 35.9 Å². The van der Waals surface area contributed by atoms with E-state index >= 15 is 0 Å². The van der Waals surface area contributed by atoms with Gasteiger partial charge in [-0.15, -0.1) is 11.8 Å². The first-order valence-electron chi connectivity index (χ1n) is 4.62. The first-order valence-corrected chi connectivity index (χ1v) is 5.78. The number of nitriles is 1. The lowest BCUT2D eigenvalue weighted by atomic mass is 10.2. The summed E-state index contributed by atoms with van der Waals surface area (Å²) in [5.41, 5.74) is 0.669. The molecule has 0 heterocycles. The lowest BCUT2D eigenvalue weighted by Crippen LogP contribution is -2.25. The molecule has 0 aliphatic heterocycles. The highest BCUT2D eigenvalue weighted by Crippen LogP contribution is 1.99. The molecule has 1 rings (SSSR count). The van der Waals surface area contributed by atoms with Crippen LogP contribution in [0.1, 0.15) is 10.4 Å². The summed E-state index contributed by atoms with van der Waals surface area (Å²) >= 11 is 1.51. The van der Waals surface area contributed by atoms with Crippen molar-refractivity contribution in [3.8, 4) is 6.07 Å². The average Bonchev–Trinajstić information content (AvgIpc) is 2.30. The summed E-state index contributed by atoms with van der Waals surface area (Å²) in [5, 5.41) is 11.1. The molecule has 0 aromatic heterocycles. The van der Waals surface area contributed by atoms with Crippen LogP contribution < -0.4 is 5.32 Å². The van der Waals surface area contributed by atoms with Crippen LogP contribution in [0.5, 0.6) is 0 Å². The van der Waals surface area contributed by atoms with Crippen LogP contribution in [-0.2, 0) is 0 Å². The van der Waals surface area contributed by atoms with Crippen molar-refractivity contribution in [1.29, 1.82) is 5.26 Å². The number of carbonyl (C=O) groups excluding carboxylic acids is 1. The minimum absolute atomic E-state index is 0.0619. The predicted molar refractivity (Wildman–Crippen MR) is 61.7 cm³/mol. The maximum atomic E-state index is 11.5. The fourth-order valence-corrected chi connectivity index (χ4v) is 1.53. The molecule has 0 radical (unpaired) electrons. The normalized spacial score (nSPS) is 9.27. The predicted octanol–water partition coefficient (Wildman–Crippen LogP) is 1.67. The molecule has 3 nitrogen and oxygen atoms in total. The number of hydrogen-bond acceptors (Lipinski definition) is 3. The van der Waals surface area contributed by atoms with Gasteiger partial charge in [-0.05, 0) is 12.1 Å². The molecule has 15 heavy (non-hydrogen) atoms. The maximum absolute atomic E-state index is 11.5. The smallest absolute Gasteiger partial charge is 0.251 e. The summed E-state index contributed by atoms with van der Waals surface area (Å²) in [6.07, 6.45) is 0. The monoisotopic (exact) mass is 220 g/mol. The van der Waals surface area contributed by atoms with E-state index in [1.165, 1.54) is 11.8 Å². The first kappa shape index (κ1) is 11.6. The van der Waals surface area contributed by atoms with Crippen molar-refractivity contribution in [2.24, 2.45) is 0 Å². The molecule has 0 unspecified atom stereocenters. The maximum Gasteiger partial charge on any atom is 0.251 e. The highest BCUT2D eigenvalue weighted by atomic mass is 32.2. The van der Waals surface area contributed by atoms with Crippen molar-refractivity contribution in [2.75, 3.05) is 18.1 Å². The van der Waals surface area contributed by atoms with Gasteiger partial charge in [0.05, 0.1) is 11.8 Å². The minimum atomic E-state index is -0.0619. The van der Waals surface area contributed by atoms with E-state index < -0.39 is 0 Å². The summed E-state index contributed by atoms with van der Waals surface area (Å²) in [7, 11) is 0. The van der Waals surface area contributed by atoms with Gasteiger partial charge in [0.25, 0.3) is 5.91 Å². The van der Waals surface area contributed by atoms with E-state index in [-0.39, 0.29) is 5.91 Å². The van der Waals surface area contributed by atoms with E-state index in [0.29, 0.717) is 17.9 Å². The Balaban J connectivity index is 2.23. The van der Waals surface area contributed by atoms with Crippen molar-refractivity contribution >= 4 is 17.7 Å². The molecule has 4 heteroatoms. The van der Waals surface area contributed by atoms with Gasteiger partial charge in [0.15, 0.2) is 0 Å². The molecule has 1 aromatic carbocycles. The summed E-state index contributed by atoms with van der Waals surface area (Å²) in [5.74, 6) is 1.18. The van der Waals surface area contributed by atoms with Gasteiger partial charge in [-0.3, -0.25) is 4.79 Å². The quantitative estimate of drug-likeness (QED) is 0.768. The second-order valence-corrected chi connectivity index (χ2v) is 3.94. The van der Waals surface area contributed by atoms with Crippen LogP contribution >= 0.6 is 11.8 Å². The Bertz CT molecular complexity index is 345. The Kier molecular flexibility index (Phi) is 5.34. The molecule has 0 atom stereocenters. The summed E-state index contributed by atoms with van der Waals surface area (Å²) in [6, 6.07) is 11.1. The van der Waals surface area contributed by atoms with Crippen LogP contribution in [0.2, 0.25) is 0 Å². The summed E-state index contributed by atoms with van der Waals surface area (Å²) in [4.78, 5) is 11.5. The first-order chi connectivity index (χ1) is 7.34. The molecule has 0 bridgehead atoms. The minimum Gasteiger partial charge on any atom is -0.351 e. The highest BCUT2D eigenvalue weighted by Gasteiger charge is 2.02. The van der Waals surface area contributed by atoms with Gasteiger partial charge in [0.1, 0.15) is 0 Å². The van der Waals surface area contributed by atoms with E-state index in [1.54, 1.807) is 12.1 Å². The lowest BCUT2D eigenvalue weighted by Gasteiger charge is -2.03. The molecular weight excluding hydrogens is 208 g/mol. The molecule has 0 spiro atoms. The zero-order chi connectivity index (χ0) is 10.9. The van der Waals surface area contributed by atoms with Gasteiger partial charge >= 0.3 is 0 Å². The third-order valence-electron chi connectivity index (χ3n) is 1.73.